The molecule has 0 amide bonds. The number of nitrogens with zero attached hydrogens (tertiary/aromatic N) is 1. The van der Waals surface area contributed by atoms with Crippen LogP contribution in [0.3, 0.4) is 0 Å². The molecule has 0 aromatic heterocycles. The van der Waals surface area contributed by atoms with Crippen LogP contribution in [0.5, 0.6) is 0 Å². The molecule has 0 unspecified atom stereocenters. The van der Waals surface area contributed by atoms with Crippen molar-refractivity contribution in [1.82, 2.24) is 0 Å². The van der Waals surface area contributed by atoms with Gasteiger partial charge >= 0.3 is 37.8 Å². The van der Waals surface area contributed by atoms with Crippen molar-refractivity contribution in [1.29, 1.82) is 0 Å². The second-order valence-electron chi connectivity index (χ2n) is 5.30. The average Bonchev–Trinajstić information content (AvgIpc) is 2.55. The molecule has 0 saturated carbocycles. The molecule has 0 heterocycles. The van der Waals surface area contributed by atoms with E-state index in [1.54, 1.807) is 0 Å². The summed E-state index contributed by atoms with van der Waals surface area (Å²) in [5, 5.41) is 0. The van der Waals surface area contributed by atoms with Gasteiger partial charge < -0.3 is 4.90 Å². The molecule has 8 heteroatoms. The van der Waals surface area contributed by atoms with E-state index in [1.807, 2.05) is 18.2 Å². The minimum absolute atomic E-state index is 0. The molecule has 0 spiro atoms. The van der Waals surface area contributed by atoms with E-state index in [4.69, 9.17) is 0 Å². The summed E-state index contributed by atoms with van der Waals surface area (Å²) < 4.78 is 59.6. The van der Waals surface area contributed by atoms with Crippen LogP contribution in [0.15, 0.2) is 91.0 Å². The second-order valence-corrected chi connectivity index (χ2v) is 10.8. The molecular formula is C18H16F6NSb. The molecular weight excluding hydrogens is 466 g/mol. The van der Waals surface area contributed by atoms with Crippen LogP contribution >= 0.6 is 0 Å². The van der Waals surface area contributed by atoms with Gasteiger partial charge in [0, 0.05) is 17.1 Å². The zero-order chi connectivity index (χ0) is 19.3. The zero-order valence-corrected chi connectivity index (χ0v) is 15.9. The number of anilines is 3. The summed E-state index contributed by atoms with van der Waals surface area (Å²) in [5.41, 5.74) is 3.50. The number of benzene rings is 3. The van der Waals surface area contributed by atoms with Gasteiger partial charge in [-0.05, 0) is 36.4 Å². The number of hydrogen-bond donors (Lipinski definition) is 0. The third kappa shape index (κ3) is 8.30. The van der Waals surface area contributed by atoms with Crippen molar-refractivity contribution >= 4 is 36.5 Å². The van der Waals surface area contributed by atoms with Gasteiger partial charge in [-0.3, -0.25) is 0 Å². The first-order valence-corrected chi connectivity index (χ1v) is 13.2. The van der Waals surface area contributed by atoms with E-state index >= 15 is 0 Å². The SMILES string of the molecule is [F][Sb-]([F])([F])([F])([F])[F].[H+].c1ccc(N(c2ccccc2)c2ccccc2)cc1. The summed E-state index contributed by atoms with van der Waals surface area (Å²) >= 11 is -11.2. The minimum atomic E-state index is -11.2. The third-order valence-electron chi connectivity index (χ3n) is 3.04. The average molecular weight is 482 g/mol. The molecule has 26 heavy (non-hydrogen) atoms. The van der Waals surface area contributed by atoms with Gasteiger partial charge in [0.05, 0.1) is 0 Å². The standard InChI is InChI=1S/C18H15N.6FH.Sb/c1-4-10-16(11-5-1)19(17-12-6-2-7-13-17)18-14-8-3-9-15-18;;;;;;;/h1-15H;6*1H;/q;;;;;;;+5/p-5. The van der Waals surface area contributed by atoms with Gasteiger partial charge in [0.2, 0.25) is 0 Å². The molecule has 0 bridgehead atoms. The van der Waals surface area contributed by atoms with Crippen molar-refractivity contribution in [2.24, 2.45) is 0 Å². The van der Waals surface area contributed by atoms with Gasteiger partial charge in [0.1, 0.15) is 0 Å². The summed E-state index contributed by atoms with van der Waals surface area (Å²) in [4.78, 5) is 2.25. The molecule has 0 radical (unpaired) electrons. The van der Waals surface area contributed by atoms with Crippen LogP contribution in [0.25, 0.3) is 0 Å². The molecule has 140 valence electrons. The Kier molecular flexibility index (Phi) is 5.33. The number of para-hydroxylation sites is 3. The molecule has 3 aromatic rings. The van der Waals surface area contributed by atoms with E-state index in [1.165, 1.54) is 17.1 Å². The van der Waals surface area contributed by atoms with Crippen LogP contribution in [-0.2, 0) is 0 Å². The Bertz CT molecular complexity index is 722. The summed E-state index contributed by atoms with van der Waals surface area (Å²) in [6.07, 6.45) is 0. The Morgan fingerprint density at radius 1 is 0.462 bits per heavy atom. The molecule has 0 aliphatic carbocycles. The van der Waals surface area contributed by atoms with Crippen LogP contribution < -0.4 is 4.90 Å². The molecule has 1 nitrogen and oxygen atoms in total. The topological polar surface area (TPSA) is 3.24 Å². The molecule has 0 aliphatic rings. The molecule has 0 N–H and O–H groups in total. The fourth-order valence-electron chi connectivity index (χ4n) is 2.18. The van der Waals surface area contributed by atoms with Gasteiger partial charge in [-0.2, -0.15) is 0 Å². The van der Waals surface area contributed by atoms with Crippen LogP contribution in [0.1, 0.15) is 1.43 Å². The molecule has 0 atom stereocenters. The summed E-state index contributed by atoms with van der Waals surface area (Å²) in [5.74, 6) is 0. The van der Waals surface area contributed by atoms with Gasteiger partial charge in [-0.15, -0.1) is 0 Å². The first-order chi connectivity index (χ1) is 11.9. The second kappa shape index (κ2) is 6.87. The molecule has 3 aromatic carbocycles. The summed E-state index contributed by atoms with van der Waals surface area (Å²) in [6.45, 7) is 0. The van der Waals surface area contributed by atoms with Gasteiger partial charge in [0.15, 0.2) is 0 Å². The Morgan fingerprint density at radius 3 is 0.846 bits per heavy atom. The summed E-state index contributed by atoms with van der Waals surface area (Å²) in [6, 6.07) is 31.3. The fourth-order valence-corrected chi connectivity index (χ4v) is 2.18. The monoisotopic (exact) mass is 481 g/mol. The Morgan fingerprint density at radius 2 is 0.654 bits per heavy atom. The van der Waals surface area contributed by atoms with E-state index < -0.39 is 19.5 Å². The maximum absolute atomic E-state index is 11.2. The first-order valence-electron chi connectivity index (χ1n) is 7.42. The van der Waals surface area contributed by atoms with Gasteiger partial charge in [0.25, 0.3) is 0 Å². The maximum Gasteiger partial charge on any atom is 1.00 e. The van der Waals surface area contributed by atoms with E-state index in [2.05, 4.69) is 77.7 Å². The molecule has 0 aliphatic heterocycles. The number of halogens is 6. The largest absolute Gasteiger partial charge is 1.00 e. The van der Waals surface area contributed by atoms with E-state index in [0.29, 0.717) is 0 Å². The van der Waals surface area contributed by atoms with Crippen LogP contribution in [0.2, 0.25) is 0 Å². The van der Waals surface area contributed by atoms with Crippen molar-refractivity contribution < 1.29 is 18.3 Å². The van der Waals surface area contributed by atoms with E-state index in [9.17, 15) is 16.9 Å². The Balaban J connectivity index is 0.000000395. The minimum Gasteiger partial charge on any atom is -0.311 e. The smallest absolute Gasteiger partial charge is 0.311 e. The van der Waals surface area contributed by atoms with Crippen LogP contribution in [-0.4, -0.2) is 19.5 Å². The predicted octanol–water partition coefficient (Wildman–Crippen LogP) is 7.41. The Hall–Kier alpha value is -2.14. The van der Waals surface area contributed by atoms with Crippen molar-refractivity contribution in [3.05, 3.63) is 91.0 Å². The first kappa shape index (κ1) is 20.2. The fraction of sp³-hybridized carbons (Fsp3) is 0. The third-order valence-corrected chi connectivity index (χ3v) is 3.04. The van der Waals surface area contributed by atoms with Gasteiger partial charge in [-0.25, -0.2) is 0 Å². The number of hydrogen-bond acceptors (Lipinski definition) is 1. The van der Waals surface area contributed by atoms with E-state index in [-0.39, 0.29) is 1.43 Å². The molecule has 3 rings (SSSR count). The number of rotatable bonds is 3. The van der Waals surface area contributed by atoms with E-state index in [0.717, 1.165) is 0 Å². The summed E-state index contributed by atoms with van der Waals surface area (Å²) in [7, 11) is 0. The quantitative estimate of drug-likeness (QED) is 0.278. The van der Waals surface area contributed by atoms with Crippen molar-refractivity contribution in [3.63, 3.8) is 0 Å². The van der Waals surface area contributed by atoms with Crippen molar-refractivity contribution in [2.45, 2.75) is 0 Å². The predicted molar refractivity (Wildman–Crippen MR) is 94.6 cm³/mol. The molecule has 0 saturated heterocycles. The Labute approximate surface area is 150 Å². The van der Waals surface area contributed by atoms with Gasteiger partial charge in [-0.1, -0.05) is 54.6 Å². The zero-order valence-electron chi connectivity index (χ0n) is 14.3. The maximum atomic E-state index is 9.93. The molecule has 0 fully saturated rings. The van der Waals surface area contributed by atoms with Crippen molar-refractivity contribution in [2.75, 3.05) is 4.90 Å². The normalized spacial score (nSPS) is 13.6. The van der Waals surface area contributed by atoms with Crippen LogP contribution in [0, 0.1) is 0 Å². The van der Waals surface area contributed by atoms with Crippen molar-refractivity contribution in [3.8, 4) is 0 Å². The van der Waals surface area contributed by atoms with Crippen LogP contribution in [0.4, 0.5) is 33.9 Å².